The zero-order valence-corrected chi connectivity index (χ0v) is 12.5. The van der Waals surface area contributed by atoms with E-state index in [0.29, 0.717) is 31.3 Å². The second kappa shape index (κ2) is 6.98. The Morgan fingerprint density at radius 3 is 2.53 bits per heavy atom. The topological polar surface area (TPSA) is 83.4 Å². The largest absolute Gasteiger partial charge is 0.380 e. The van der Waals surface area contributed by atoms with Crippen LogP contribution in [0.4, 0.5) is 0 Å². The number of aromatic nitrogens is 2. The molecule has 0 amide bonds. The molecular formula is C13H25N3O3. The first-order valence-electron chi connectivity index (χ1n) is 6.59. The van der Waals surface area contributed by atoms with Gasteiger partial charge in [-0.15, -0.1) is 0 Å². The fourth-order valence-electron chi connectivity index (χ4n) is 1.79. The van der Waals surface area contributed by atoms with E-state index in [4.69, 9.17) is 19.7 Å². The highest BCUT2D eigenvalue weighted by Gasteiger charge is 2.31. The van der Waals surface area contributed by atoms with Gasteiger partial charge in [-0.05, 0) is 12.3 Å². The summed E-state index contributed by atoms with van der Waals surface area (Å²) in [5.41, 5.74) is 5.48. The molecule has 1 aromatic heterocycles. The van der Waals surface area contributed by atoms with Crippen LogP contribution in [0.5, 0.6) is 0 Å². The molecule has 1 aromatic rings. The Morgan fingerprint density at radius 2 is 2.05 bits per heavy atom. The maximum absolute atomic E-state index is 5.72. The van der Waals surface area contributed by atoms with Crippen molar-refractivity contribution in [1.29, 1.82) is 0 Å². The van der Waals surface area contributed by atoms with Gasteiger partial charge in [0.05, 0.1) is 12.5 Å². The molecule has 6 heteroatoms. The lowest BCUT2D eigenvalue weighted by atomic mass is 9.88. The monoisotopic (exact) mass is 271 g/mol. The van der Waals surface area contributed by atoms with Gasteiger partial charge in [-0.25, -0.2) is 0 Å². The highest BCUT2D eigenvalue weighted by Crippen LogP contribution is 2.34. The molecule has 2 N–H and O–H groups in total. The molecule has 1 heterocycles. The fourth-order valence-corrected chi connectivity index (χ4v) is 1.79. The van der Waals surface area contributed by atoms with E-state index in [1.807, 2.05) is 6.92 Å². The van der Waals surface area contributed by atoms with Gasteiger partial charge in [-0.2, -0.15) is 4.98 Å². The summed E-state index contributed by atoms with van der Waals surface area (Å²) in [5, 5.41) is 4.02. The third-order valence-corrected chi connectivity index (χ3v) is 2.84. The summed E-state index contributed by atoms with van der Waals surface area (Å²) in [7, 11) is 1.62. The molecule has 0 radical (unpaired) electrons. The van der Waals surface area contributed by atoms with E-state index >= 15 is 0 Å². The molecule has 1 rings (SSSR count). The summed E-state index contributed by atoms with van der Waals surface area (Å²) in [6.07, 6.45) is 0.227. The number of rotatable bonds is 7. The smallest absolute Gasteiger partial charge is 0.229 e. The minimum atomic E-state index is -0.186. The molecule has 0 fully saturated rings. The Balaban J connectivity index is 2.81. The van der Waals surface area contributed by atoms with Crippen molar-refractivity contribution in [2.45, 2.75) is 46.3 Å². The highest BCUT2D eigenvalue weighted by molar-refractivity contribution is 4.97. The molecule has 0 aromatic carbocycles. The summed E-state index contributed by atoms with van der Waals surface area (Å²) in [6.45, 7) is 9.23. The fraction of sp³-hybridized carbons (Fsp3) is 0.846. The van der Waals surface area contributed by atoms with E-state index < -0.39 is 0 Å². The third kappa shape index (κ3) is 4.56. The quantitative estimate of drug-likeness (QED) is 0.812. The zero-order valence-electron chi connectivity index (χ0n) is 12.5. The lowest BCUT2D eigenvalue weighted by Crippen LogP contribution is -2.25. The predicted octanol–water partition coefficient (Wildman–Crippen LogP) is 1.71. The molecule has 110 valence electrons. The number of nitrogens with zero attached hydrogens (tertiary/aromatic N) is 2. The molecular weight excluding hydrogens is 246 g/mol. The molecule has 0 saturated heterocycles. The van der Waals surface area contributed by atoms with Crippen LogP contribution in [0.3, 0.4) is 0 Å². The first kappa shape index (κ1) is 16.1. The molecule has 0 saturated carbocycles. The van der Waals surface area contributed by atoms with E-state index in [0.717, 1.165) is 0 Å². The summed E-state index contributed by atoms with van der Waals surface area (Å²) in [4.78, 5) is 4.39. The van der Waals surface area contributed by atoms with E-state index in [1.165, 1.54) is 0 Å². The number of hydrogen-bond donors (Lipinski definition) is 1. The van der Waals surface area contributed by atoms with Gasteiger partial charge in [0.2, 0.25) is 11.7 Å². The Bertz CT molecular complexity index is 369. The van der Waals surface area contributed by atoms with E-state index in [2.05, 4.69) is 30.9 Å². The average Bonchev–Trinajstić information content (AvgIpc) is 2.79. The van der Waals surface area contributed by atoms with Gasteiger partial charge in [-0.1, -0.05) is 25.9 Å². The second-order valence-corrected chi connectivity index (χ2v) is 5.55. The Kier molecular flexibility index (Phi) is 5.90. The lowest BCUT2D eigenvalue weighted by Gasteiger charge is -2.27. The number of methoxy groups -OCH3 is 1. The first-order chi connectivity index (χ1) is 8.92. The van der Waals surface area contributed by atoms with Crippen molar-refractivity contribution in [2.24, 2.45) is 11.1 Å². The van der Waals surface area contributed by atoms with E-state index in [-0.39, 0.29) is 17.6 Å². The Labute approximate surface area is 114 Å². The van der Waals surface area contributed by atoms with Crippen LogP contribution in [0.25, 0.3) is 0 Å². The highest BCUT2D eigenvalue weighted by atomic mass is 16.5. The van der Waals surface area contributed by atoms with E-state index in [9.17, 15) is 0 Å². The SMILES string of the molecule is CCOC(c1noc(CC(CN)OC)n1)C(C)(C)C. The molecule has 6 nitrogen and oxygen atoms in total. The van der Waals surface area contributed by atoms with Gasteiger partial charge < -0.3 is 19.7 Å². The molecule has 2 atom stereocenters. The average molecular weight is 271 g/mol. The summed E-state index contributed by atoms with van der Waals surface area (Å²) >= 11 is 0. The van der Waals surface area contributed by atoms with Crippen molar-refractivity contribution >= 4 is 0 Å². The lowest BCUT2D eigenvalue weighted by molar-refractivity contribution is -0.0203. The summed E-state index contributed by atoms with van der Waals surface area (Å²) in [5.74, 6) is 1.11. The third-order valence-electron chi connectivity index (χ3n) is 2.84. The normalized spacial score (nSPS) is 15.5. The molecule has 0 aliphatic carbocycles. The van der Waals surface area contributed by atoms with Crippen LogP contribution in [0.2, 0.25) is 0 Å². The standard InChI is InChI=1S/C13H25N3O3/c1-6-18-11(13(2,3)4)12-15-10(19-16-12)7-9(8-14)17-5/h9,11H,6-8,14H2,1-5H3. The number of ether oxygens (including phenoxy) is 2. The van der Waals surface area contributed by atoms with Gasteiger partial charge in [-0.3, -0.25) is 0 Å². The van der Waals surface area contributed by atoms with E-state index in [1.54, 1.807) is 7.11 Å². The minimum absolute atomic E-state index is 0.0916. The van der Waals surface area contributed by atoms with Crippen LogP contribution in [-0.4, -0.2) is 36.5 Å². The zero-order chi connectivity index (χ0) is 14.5. The maximum atomic E-state index is 5.72. The maximum Gasteiger partial charge on any atom is 0.229 e. The van der Waals surface area contributed by atoms with Gasteiger partial charge in [0, 0.05) is 20.3 Å². The Morgan fingerprint density at radius 1 is 1.37 bits per heavy atom. The van der Waals surface area contributed by atoms with Gasteiger partial charge in [0.15, 0.2) is 0 Å². The summed E-state index contributed by atoms with van der Waals surface area (Å²) in [6, 6.07) is 0. The molecule has 0 bridgehead atoms. The minimum Gasteiger partial charge on any atom is -0.380 e. The second-order valence-electron chi connectivity index (χ2n) is 5.55. The Hall–Kier alpha value is -0.980. The van der Waals surface area contributed by atoms with Crippen LogP contribution in [0.15, 0.2) is 4.52 Å². The van der Waals surface area contributed by atoms with Crippen molar-refractivity contribution in [3.05, 3.63) is 11.7 Å². The van der Waals surface area contributed by atoms with Crippen LogP contribution in [-0.2, 0) is 15.9 Å². The molecule has 2 unspecified atom stereocenters. The van der Waals surface area contributed by atoms with Crippen molar-refractivity contribution < 1.29 is 14.0 Å². The molecule has 0 spiro atoms. The predicted molar refractivity (Wildman–Crippen MR) is 71.7 cm³/mol. The number of nitrogens with two attached hydrogens (primary N) is 1. The van der Waals surface area contributed by atoms with Gasteiger partial charge >= 0.3 is 0 Å². The van der Waals surface area contributed by atoms with Crippen LogP contribution >= 0.6 is 0 Å². The van der Waals surface area contributed by atoms with Crippen LogP contribution < -0.4 is 5.73 Å². The van der Waals surface area contributed by atoms with Crippen molar-refractivity contribution in [1.82, 2.24) is 10.1 Å². The van der Waals surface area contributed by atoms with Crippen LogP contribution in [0.1, 0.15) is 45.5 Å². The molecule has 0 aliphatic heterocycles. The van der Waals surface area contributed by atoms with Crippen molar-refractivity contribution in [3.63, 3.8) is 0 Å². The summed E-state index contributed by atoms with van der Waals surface area (Å²) < 4.78 is 16.2. The molecule has 0 aliphatic rings. The first-order valence-corrected chi connectivity index (χ1v) is 6.59. The van der Waals surface area contributed by atoms with Crippen molar-refractivity contribution in [3.8, 4) is 0 Å². The van der Waals surface area contributed by atoms with Gasteiger partial charge in [0.25, 0.3) is 0 Å². The number of hydrogen-bond acceptors (Lipinski definition) is 6. The van der Waals surface area contributed by atoms with Gasteiger partial charge in [0.1, 0.15) is 6.10 Å². The molecule has 19 heavy (non-hydrogen) atoms. The van der Waals surface area contributed by atoms with Crippen LogP contribution in [0, 0.1) is 5.41 Å². The van der Waals surface area contributed by atoms with Crippen molar-refractivity contribution in [2.75, 3.05) is 20.3 Å².